The van der Waals surface area contributed by atoms with Crippen LogP contribution >= 0.6 is 17.0 Å². The summed E-state index contributed by atoms with van der Waals surface area (Å²) in [6, 6.07) is 40.8. The molecule has 0 aliphatic carbocycles. The molecule has 2 radical (unpaired) electrons. The van der Waals surface area contributed by atoms with Crippen molar-refractivity contribution in [1.82, 2.24) is 0 Å². The molecule has 50 heavy (non-hydrogen) atoms. The maximum absolute atomic E-state index is 4.93. The first-order chi connectivity index (χ1) is 23.8. The Hall–Kier alpha value is -2.22. The van der Waals surface area contributed by atoms with Crippen LogP contribution in [0.25, 0.3) is 43.8 Å². The molecule has 0 unspecified atom stereocenters. The van der Waals surface area contributed by atoms with Gasteiger partial charge in [-0.05, 0) is 45.9 Å². The van der Waals surface area contributed by atoms with Crippen molar-refractivity contribution in [1.29, 1.82) is 0 Å². The van der Waals surface area contributed by atoms with Crippen LogP contribution in [0.3, 0.4) is 0 Å². The Bertz CT molecular complexity index is 1720. The second-order valence-corrected chi connectivity index (χ2v) is 19.8. The molecule has 6 aromatic carbocycles. The normalized spacial score (nSPS) is 11.1. The third kappa shape index (κ3) is 11.9. The molecule has 6 aromatic rings. The molecule has 6 rings (SSSR count). The van der Waals surface area contributed by atoms with Crippen LogP contribution < -0.4 is 0 Å². The first-order valence-electron chi connectivity index (χ1n) is 17.9. The molecule has 0 aliphatic rings. The topological polar surface area (TPSA) is 0 Å². The van der Waals surface area contributed by atoms with Crippen LogP contribution in [-0.4, -0.2) is 9.52 Å². The standard InChI is InChI=1S/2C22H25.C2H6Si.2ClH.Zr/c2*1-5-7-16-14-18-8-6-9-20(21(18)15-16)17-10-12-19(13-11-17)22(2,3)4;1-3-2;;;/h2*6,8-15H,5,7H2,1-4H3;1-2H3;2*1H;/q2*-1;;;;+4/p-2. The van der Waals surface area contributed by atoms with Gasteiger partial charge < -0.3 is 0 Å². The predicted octanol–water partition coefficient (Wildman–Crippen LogP) is 15.1. The van der Waals surface area contributed by atoms with Crippen LogP contribution in [-0.2, 0) is 44.5 Å². The second-order valence-electron chi connectivity index (χ2n) is 15.1. The van der Waals surface area contributed by atoms with Crippen molar-refractivity contribution in [2.24, 2.45) is 0 Å². The van der Waals surface area contributed by atoms with E-state index in [4.69, 9.17) is 17.0 Å². The van der Waals surface area contributed by atoms with E-state index in [1.54, 1.807) is 0 Å². The van der Waals surface area contributed by atoms with Crippen LogP contribution in [0.4, 0.5) is 0 Å². The van der Waals surface area contributed by atoms with Crippen molar-refractivity contribution < 1.29 is 20.8 Å². The predicted molar refractivity (Wildman–Crippen MR) is 225 cm³/mol. The molecular formula is C46H56Cl2SiZr. The fourth-order valence-electron chi connectivity index (χ4n) is 6.26. The van der Waals surface area contributed by atoms with Gasteiger partial charge in [-0.1, -0.05) is 153 Å². The first kappa shape index (κ1) is 42.2. The average Bonchev–Trinajstić information content (AvgIpc) is 3.69. The van der Waals surface area contributed by atoms with Gasteiger partial charge >= 0.3 is 37.9 Å². The Kier molecular flexibility index (Phi) is 17.0. The zero-order valence-corrected chi connectivity index (χ0v) is 36.9. The molecule has 0 atom stereocenters. The van der Waals surface area contributed by atoms with Crippen LogP contribution in [0.2, 0.25) is 13.1 Å². The van der Waals surface area contributed by atoms with Crippen molar-refractivity contribution in [2.45, 2.75) is 105 Å². The molecule has 0 bridgehead atoms. The monoisotopic (exact) mass is 796 g/mol. The van der Waals surface area contributed by atoms with E-state index in [0.717, 1.165) is 22.4 Å². The van der Waals surface area contributed by atoms with Gasteiger partial charge in [-0.25, -0.2) is 0 Å². The van der Waals surface area contributed by atoms with Gasteiger partial charge in [0, 0.05) is 9.52 Å². The molecule has 0 saturated carbocycles. The van der Waals surface area contributed by atoms with Crippen LogP contribution in [0.1, 0.15) is 90.5 Å². The van der Waals surface area contributed by atoms with Crippen molar-refractivity contribution >= 4 is 48.1 Å². The van der Waals surface area contributed by atoms with E-state index in [1.165, 1.54) is 78.9 Å². The van der Waals surface area contributed by atoms with Crippen molar-refractivity contribution in [3.63, 3.8) is 0 Å². The summed E-state index contributed by atoms with van der Waals surface area (Å²) in [5, 5.41) is 5.49. The van der Waals surface area contributed by atoms with Crippen molar-refractivity contribution in [3.8, 4) is 22.3 Å². The second kappa shape index (κ2) is 20.1. The summed E-state index contributed by atoms with van der Waals surface area (Å²) in [5.74, 6) is 0. The summed E-state index contributed by atoms with van der Waals surface area (Å²) in [6.07, 6.45) is 4.73. The SMILES string of the molecule is CCCc1cc2c(-c3ccc(C(C)(C)C)cc3)cccc2[cH-]1.CCCc1cc2c(-c3ccc(C(C)(C)C)cc3)cccc2[cH-]1.C[Si]C.[Cl][Zr+2][Cl]. The number of halogens is 2. The molecule has 0 nitrogen and oxygen atoms in total. The zero-order valence-electron chi connectivity index (χ0n) is 32.0. The number of rotatable bonds is 6. The molecule has 0 N–H and O–H groups in total. The fraction of sp³-hybridized carbons (Fsp3) is 0.348. The molecule has 0 saturated heterocycles. The molecule has 0 aromatic heterocycles. The van der Waals surface area contributed by atoms with E-state index >= 15 is 0 Å². The number of benzene rings is 4. The Morgan fingerprint density at radius 3 is 1.16 bits per heavy atom. The van der Waals surface area contributed by atoms with Gasteiger partial charge in [0.25, 0.3) is 0 Å². The molecule has 0 amide bonds. The third-order valence-electron chi connectivity index (χ3n) is 8.82. The first-order valence-corrected chi connectivity index (χ1v) is 26.3. The van der Waals surface area contributed by atoms with E-state index in [9.17, 15) is 0 Å². The molecule has 0 fully saturated rings. The van der Waals surface area contributed by atoms with Gasteiger partial charge in [-0.3, -0.25) is 0 Å². The number of hydrogen-bond donors (Lipinski definition) is 0. The fourth-order valence-corrected chi connectivity index (χ4v) is 6.26. The third-order valence-corrected chi connectivity index (χ3v) is 8.82. The van der Waals surface area contributed by atoms with Gasteiger partial charge in [0.2, 0.25) is 0 Å². The summed E-state index contributed by atoms with van der Waals surface area (Å²) in [4.78, 5) is 0. The van der Waals surface area contributed by atoms with Gasteiger partial charge in [0.1, 0.15) is 0 Å². The van der Waals surface area contributed by atoms with Crippen molar-refractivity contribution in [3.05, 3.63) is 131 Å². The van der Waals surface area contributed by atoms with Gasteiger partial charge in [0.05, 0.1) is 0 Å². The number of fused-ring (bicyclic) bond motifs is 2. The Morgan fingerprint density at radius 2 is 0.880 bits per heavy atom. The van der Waals surface area contributed by atoms with Gasteiger partial charge in [-0.2, -0.15) is 12.1 Å². The number of aryl methyl sites for hydroxylation is 2. The molecule has 0 spiro atoms. The minimum absolute atomic E-state index is 0.207. The molecule has 262 valence electrons. The summed E-state index contributed by atoms with van der Waals surface area (Å²) < 4.78 is 0. The zero-order chi connectivity index (χ0) is 36.9. The van der Waals surface area contributed by atoms with E-state index < -0.39 is 20.8 Å². The van der Waals surface area contributed by atoms with Crippen molar-refractivity contribution in [2.75, 3.05) is 0 Å². The Labute approximate surface area is 325 Å². The Morgan fingerprint density at radius 1 is 0.560 bits per heavy atom. The molecule has 4 heteroatoms. The molecule has 0 aliphatic heterocycles. The van der Waals surface area contributed by atoms with Crippen LogP contribution in [0.15, 0.2) is 109 Å². The summed E-state index contributed by atoms with van der Waals surface area (Å²) >= 11 is -0.826. The van der Waals surface area contributed by atoms with E-state index in [1.807, 2.05) is 0 Å². The van der Waals surface area contributed by atoms with Crippen LogP contribution in [0.5, 0.6) is 0 Å². The maximum atomic E-state index is 4.93. The van der Waals surface area contributed by atoms with Crippen LogP contribution in [0, 0.1) is 0 Å². The quantitative estimate of drug-likeness (QED) is 0.116. The molecule has 0 heterocycles. The van der Waals surface area contributed by atoms with E-state index in [-0.39, 0.29) is 10.8 Å². The summed E-state index contributed by atoms with van der Waals surface area (Å²) in [5.41, 5.74) is 11.4. The van der Waals surface area contributed by atoms with E-state index in [0.29, 0.717) is 0 Å². The van der Waals surface area contributed by atoms with Gasteiger partial charge in [-0.15, -0.1) is 69.1 Å². The van der Waals surface area contributed by atoms with Gasteiger partial charge in [0.15, 0.2) is 0 Å². The molecular weight excluding hydrogens is 743 g/mol. The minimum atomic E-state index is -0.826. The summed E-state index contributed by atoms with van der Waals surface area (Å²) in [6.45, 7) is 22.4. The Balaban J connectivity index is 0.000000234. The summed E-state index contributed by atoms with van der Waals surface area (Å²) in [7, 11) is 11.0. The average molecular weight is 799 g/mol. The van der Waals surface area contributed by atoms with E-state index in [2.05, 4.69) is 178 Å². The number of hydrogen-bond acceptors (Lipinski definition) is 0.